The van der Waals surface area contributed by atoms with E-state index in [4.69, 9.17) is 5.73 Å². The van der Waals surface area contributed by atoms with Gasteiger partial charge in [0.1, 0.15) is 5.82 Å². The van der Waals surface area contributed by atoms with Crippen LogP contribution < -0.4 is 5.73 Å². The fourth-order valence-corrected chi connectivity index (χ4v) is 2.47. The standard InChI is InChI=1S/C17H19FN2O/c18-14-5-8-16(13(10-14)2-1-9-19)17(21)20(15-6-7-15)11-12-3-4-12/h5,8,10,12,15H,3-4,6-7,9,11,19H2. The zero-order valence-corrected chi connectivity index (χ0v) is 11.9. The number of hydrogen-bond acceptors (Lipinski definition) is 2. The number of hydrogen-bond donors (Lipinski definition) is 1. The van der Waals surface area contributed by atoms with Gasteiger partial charge in [-0.1, -0.05) is 11.8 Å². The summed E-state index contributed by atoms with van der Waals surface area (Å²) < 4.78 is 13.4. The van der Waals surface area contributed by atoms with Crippen LogP contribution in [0.3, 0.4) is 0 Å². The minimum absolute atomic E-state index is 0.0225. The summed E-state index contributed by atoms with van der Waals surface area (Å²) in [6.45, 7) is 1.02. The molecule has 0 bridgehead atoms. The first kappa shape index (κ1) is 14.1. The summed E-state index contributed by atoms with van der Waals surface area (Å²) in [6.07, 6.45) is 4.56. The number of carbonyl (C=O) groups excluding carboxylic acids is 1. The number of rotatable bonds is 4. The van der Waals surface area contributed by atoms with E-state index in [2.05, 4.69) is 11.8 Å². The van der Waals surface area contributed by atoms with Gasteiger partial charge < -0.3 is 10.6 Å². The van der Waals surface area contributed by atoms with Gasteiger partial charge in [0.2, 0.25) is 0 Å². The Morgan fingerprint density at radius 1 is 1.33 bits per heavy atom. The molecule has 0 saturated heterocycles. The summed E-state index contributed by atoms with van der Waals surface area (Å²) in [6, 6.07) is 4.54. The Kier molecular flexibility index (Phi) is 3.94. The molecular weight excluding hydrogens is 267 g/mol. The van der Waals surface area contributed by atoms with Crippen molar-refractivity contribution in [2.45, 2.75) is 31.7 Å². The normalized spacial score (nSPS) is 17.0. The van der Waals surface area contributed by atoms with Gasteiger partial charge in [0.15, 0.2) is 0 Å². The van der Waals surface area contributed by atoms with E-state index in [1.54, 1.807) is 6.07 Å². The molecule has 0 aliphatic heterocycles. The molecule has 2 saturated carbocycles. The maximum atomic E-state index is 13.4. The Labute approximate surface area is 124 Å². The molecule has 0 unspecified atom stereocenters. The van der Waals surface area contributed by atoms with Crippen molar-refractivity contribution in [3.63, 3.8) is 0 Å². The van der Waals surface area contributed by atoms with Gasteiger partial charge in [0.25, 0.3) is 5.91 Å². The van der Waals surface area contributed by atoms with E-state index in [0.29, 0.717) is 23.1 Å². The number of nitrogens with two attached hydrogens (primary N) is 1. The van der Waals surface area contributed by atoms with Crippen LogP contribution in [0.4, 0.5) is 4.39 Å². The molecule has 21 heavy (non-hydrogen) atoms. The van der Waals surface area contributed by atoms with E-state index in [9.17, 15) is 9.18 Å². The number of benzene rings is 1. The largest absolute Gasteiger partial charge is 0.335 e. The summed E-state index contributed by atoms with van der Waals surface area (Å²) in [5.74, 6) is 5.76. The average molecular weight is 286 g/mol. The fourth-order valence-electron chi connectivity index (χ4n) is 2.47. The van der Waals surface area contributed by atoms with E-state index in [1.807, 2.05) is 4.90 Å². The summed E-state index contributed by atoms with van der Waals surface area (Å²) in [4.78, 5) is 14.7. The highest BCUT2D eigenvalue weighted by Crippen LogP contribution is 2.35. The highest BCUT2D eigenvalue weighted by Gasteiger charge is 2.37. The SMILES string of the molecule is NCC#Cc1cc(F)ccc1C(=O)N(CC1CC1)C1CC1. The van der Waals surface area contributed by atoms with E-state index in [0.717, 1.165) is 19.4 Å². The number of carbonyl (C=O) groups is 1. The van der Waals surface area contributed by atoms with Gasteiger partial charge in [-0.05, 0) is 49.8 Å². The van der Waals surface area contributed by atoms with Gasteiger partial charge in [-0.3, -0.25) is 4.79 Å². The van der Waals surface area contributed by atoms with E-state index < -0.39 is 0 Å². The predicted octanol–water partition coefficient (Wildman–Crippen LogP) is 2.15. The van der Waals surface area contributed by atoms with Gasteiger partial charge in [0.05, 0.1) is 12.1 Å². The van der Waals surface area contributed by atoms with Gasteiger partial charge in [-0.2, -0.15) is 0 Å². The average Bonchev–Trinajstić information content (AvgIpc) is 3.35. The molecule has 0 heterocycles. The van der Waals surface area contributed by atoms with Crippen LogP contribution in [-0.2, 0) is 0 Å². The zero-order valence-electron chi connectivity index (χ0n) is 11.9. The highest BCUT2D eigenvalue weighted by molar-refractivity contribution is 5.97. The third-order valence-electron chi connectivity index (χ3n) is 3.94. The molecule has 2 fully saturated rings. The van der Waals surface area contributed by atoms with Crippen LogP contribution >= 0.6 is 0 Å². The maximum Gasteiger partial charge on any atom is 0.255 e. The van der Waals surface area contributed by atoms with Crippen LogP contribution in [0.1, 0.15) is 41.6 Å². The molecule has 2 aliphatic carbocycles. The molecule has 3 nitrogen and oxygen atoms in total. The first-order valence-corrected chi connectivity index (χ1v) is 7.48. The van der Waals surface area contributed by atoms with Gasteiger partial charge in [-0.25, -0.2) is 4.39 Å². The van der Waals surface area contributed by atoms with Crippen LogP contribution in [0.2, 0.25) is 0 Å². The van der Waals surface area contributed by atoms with Crippen LogP contribution in [0, 0.1) is 23.6 Å². The van der Waals surface area contributed by atoms with Crippen molar-refractivity contribution < 1.29 is 9.18 Å². The summed E-state index contributed by atoms with van der Waals surface area (Å²) in [5.41, 5.74) is 6.30. The number of amides is 1. The Morgan fingerprint density at radius 2 is 2.10 bits per heavy atom. The van der Waals surface area contributed by atoms with Crippen LogP contribution in [0.15, 0.2) is 18.2 Å². The molecule has 2 aliphatic rings. The van der Waals surface area contributed by atoms with Crippen LogP contribution in [-0.4, -0.2) is 29.9 Å². The molecule has 0 radical (unpaired) electrons. The Bertz CT molecular complexity index is 609. The molecular formula is C17H19FN2O. The Hall–Kier alpha value is -1.86. The lowest BCUT2D eigenvalue weighted by Crippen LogP contribution is -2.35. The molecule has 1 aromatic rings. The Morgan fingerprint density at radius 3 is 2.71 bits per heavy atom. The van der Waals surface area contributed by atoms with Crippen LogP contribution in [0.25, 0.3) is 0 Å². The first-order chi connectivity index (χ1) is 10.2. The van der Waals surface area contributed by atoms with Gasteiger partial charge in [0, 0.05) is 18.2 Å². The fraction of sp³-hybridized carbons (Fsp3) is 0.471. The quantitative estimate of drug-likeness (QED) is 0.862. The second-order valence-corrected chi connectivity index (χ2v) is 5.83. The van der Waals surface area contributed by atoms with E-state index in [1.165, 1.54) is 25.0 Å². The molecule has 110 valence electrons. The van der Waals surface area contributed by atoms with Crippen molar-refractivity contribution in [1.82, 2.24) is 4.90 Å². The minimum Gasteiger partial charge on any atom is -0.335 e. The molecule has 0 aromatic heterocycles. The summed E-state index contributed by atoms with van der Waals surface area (Å²) in [7, 11) is 0. The van der Waals surface area contributed by atoms with Gasteiger partial charge >= 0.3 is 0 Å². The second-order valence-electron chi connectivity index (χ2n) is 5.83. The van der Waals surface area contributed by atoms with Crippen molar-refractivity contribution in [3.8, 4) is 11.8 Å². The molecule has 3 rings (SSSR count). The van der Waals surface area contributed by atoms with Crippen molar-refractivity contribution in [3.05, 3.63) is 35.1 Å². The third-order valence-corrected chi connectivity index (χ3v) is 3.94. The van der Waals surface area contributed by atoms with Gasteiger partial charge in [-0.15, -0.1) is 0 Å². The summed E-state index contributed by atoms with van der Waals surface area (Å²) >= 11 is 0. The number of halogens is 1. The minimum atomic E-state index is -0.381. The lowest BCUT2D eigenvalue weighted by Gasteiger charge is -2.23. The zero-order chi connectivity index (χ0) is 14.8. The predicted molar refractivity (Wildman–Crippen MR) is 79.1 cm³/mol. The molecule has 4 heteroatoms. The lowest BCUT2D eigenvalue weighted by molar-refractivity contribution is 0.0734. The lowest BCUT2D eigenvalue weighted by atomic mass is 10.1. The van der Waals surface area contributed by atoms with Crippen LogP contribution in [0.5, 0.6) is 0 Å². The first-order valence-electron chi connectivity index (χ1n) is 7.48. The maximum absolute atomic E-state index is 13.4. The molecule has 0 atom stereocenters. The third kappa shape index (κ3) is 3.43. The molecule has 2 N–H and O–H groups in total. The van der Waals surface area contributed by atoms with Crippen molar-refractivity contribution in [2.24, 2.45) is 11.7 Å². The highest BCUT2D eigenvalue weighted by atomic mass is 19.1. The summed E-state index contributed by atoms with van der Waals surface area (Å²) in [5, 5.41) is 0. The van der Waals surface area contributed by atoms with Crippen molar-refractivity contribution in [1.29, 1.82) is 0 Å². The van der Waals surface area contributed by atoms with Crippen molar-refractivity contribution >= 4 is 5.91 Å². The smallest absolute Gasteiger partial charge is 0.255 e. The molecule has 0 spiro atoms. The second kappa shape index (κ2) is 5.87. The molecule has 1 amide bonds. The van der Waals surface area contributed by atoms with E-state index in [-0.39, 0.29) is 18.3 Å². The monoisotopic (exact) mass is 286 g/mol. The Balaban J connectivity index is 1.88. The topological polar surface area (TPSA) is 46.3 Å². The van der Waals surface area contributed by atoms with Crippen molar-refractivity contribution in [2.75, 3.05) is 13.1 Å². The number of nitrogens with zero attached hydrogens (tertiary/aromatic N) is 1. The van der Waals surface area contributed by atoms with E-state index >= 15 is 0 Å². The molecule has 1 aromatic carbocycles.